The van der Waals surface area contributed by atoms with Gasteiger partial charge in [0.05, 0.1) is 23.3 Å². The van der Waals surface area contributed by atoms with Crippen LogP contribution in [0.2, 0.25) is 0 Å². The molecule has 28 heavy (non-hydrogen) atoms. The van der Waals surface area contributed by atoms with E-state index in [1.165, 1.54) is 17.8 Å². The Morgan fingerprint density at radius 2 is 2.00 bits per heavy atom. The Labute approximate surface area is 164 Å². The van der Waals surface area contributed by atoms with Crippen LogP contribution in [0.4, 0.5) is 10.2 Å². The lowest BCUT2D eigenvalue weighted by Gasteiger charge is -2.10. The monoisotopic (exact) mass is 396 g/mol. The number of amides is 1. The molecule has 0 radical (unpaired) electrons. The summed E-state index contributed by atoms with van der Waals surface area (Å²) in [5, 5.41) is 7.08. The molecule has 0 saturated heterocycles. The molecule has 142 valence electrons. The van der Waals surface area contributed by atoms with Crippen molar-refractivity contribution in [3.63, 3.8) is 0 Å². The Hall–Kier alpha value is -3.13. The lowest BCUT2D eigenvalue weighted by Crippen LogP contribution is -2.15. The molecular weight excluding hydrogens is 379 g/mol. The third-order valence-corrected chi connectivity index (χ3v) is 5.11. The van der Waals surface area contributed by atoms with Crippen molar-refractivity contribution in [2.24, 2.45) is 0 Å². The van der Waals surface area contributed by atoms with Crippen LogP contribution in [0.1, 0.15) is 11.3 Å². The van der Waals surface area contributed by atoms with Gasteiger partial charge < -0.3 is 14.4 Å². The summed E-state index contributed by atoms with van der Waals surface area (Å²) in [7, 11) is 0. The number of fused-ring (bicyclic) bond motifs is 1. The molecule has 2 heterocycles. The van der Waals surface area contributed by atoms with Crippen LogP contribution in [0.25, 0.3) is 11.0 Å². The third-order valence-electron chi connectivity index (χ3n) is 4.13. The second kappa shape index (κ2) is 7.85. The normalized spacial score (nSPS) is 11.1. The summed E-state index contributed by atoms with van der Waals surface area (Å²) in [6.07, 6.45) is 0. The maximum Gasteiger partial charge on any atom is 0.236 e. The van der Waals surface area contributed by atoms with E-state index in [0.717, 1.165) is 11.0 Å². The summed E-state index contributed by atoms with van der Waals surface area (Å²) in [5.41, 5.74) is 2.25. The fourth-order valence-corrected chi connectivity index (χ4v) is 3.66. The lowest BCUT2D eigenvalue weighted by atomic mass is 10.2. The van der Waals surface area contributed by atoms with E-state index in [0.29, 0.717) is 28.8 Å². The van der Waals surface area contributed by atoms with Gasteiger partial charge in [0.25, 0.3) is 0 Å². The molecule has 0 aliphatic heterocycles. The van der Waals surface area contributed by atoms with E-state index >= 15 is 0 Å². The minimum Gasteiger partial charge on any atom is -0.360 e. The van der Waals surface area contributed by atoms with Crippen molar-refractivity contribution in [1.29, 1.82) is 0 Å². The van der Waals surface area contributed by atoms with E-state index in [1.807, 2.05) is 28.8 Å². The molecule has 0 fully saturated rings. The molecule has 1 amide bonds. The Balaban J connectivity index is 1.56. The fourth-order valence-electron chi connectivity index (χ4n) is 2.85. The number of carbonyl (C=O) groups excluding carboxylic acids is 1. The molecule has 0 unspecified atom stereocenters. The summed E-state index contributed by atoms with van der Waals surface area (Å²) >= 11 is 1.29. The van der Waals surface area contributed by atoms with Gasteiger partial charge in [-0.3, -0.25) is 4.79 Å². The van der Waals surface area contributed by atoms with Gasteiger partial charge >= 0.3 is 0 Å². The number of thioether (sulfide) groups is 1. The van der Waals surface area contributed by atoms with Crippen molar-refractivity contribution >= 4 is 34.5 Å². The second-order valence-corrected chi connectivity index (χ2v) is 7.16. The number of halogens is 1. The molecule has 1 N–H and O–H groups in total. The van der Waals surface area contributed by atoms with Crippen molar-refractivity contribution in [2.45, 2.75) is 18.6 Å². The topological polar surface area (TPSA) is 73.0 Å². The van der Waals surface area contributed by atoms with E-state index in [2.05, 4.69) is 15.5 Å². The average molecular weight is 396 g/mol. The highest BCUT2D eigenvalue weighted by Crippen LogP contribution is 2.26. The van der Waals surface area contributed by atoms with Crippen LogP contribution in [0, 0.1) is 12.7 Å². The molecule has 8 heteroatoms. The molecule has 2 aromatic heterocycles. The third kappa shape index (κ3) is 3.91. The Kier molecular flexibility index (Phi) is 5.12. The zero-order chi connectivity index (χ0) is 19.5. The van der Waals surface area contributed by atoms with E-state index in [9.17, 15) is 9.18 Å². The van der Waals surface area contributed by atoms with Gasteiger partial charge in [0.1, 0.15) is 11.6 Å². The van der Waals surface area contributed by atoms with Gasteiger partial charge in [-0.1, -0.05) is 47.3 Å². The van der Waals surface area contributed by atoms with Gasteiger partial charge in [-0.25, -0.2) is 9.37 Å². The Morgan fingerprint density at radius 1 is 1.21 bits per heavy atom. The summed E-state index contributed by atoms with van der Waals surface area (Å²) < 4.78 is 21.0. The van der Waals surface area contributed by atoms with Gasteiger partial charge in [0.15, 0.2) is 11.0 Å². The molecule has 0 atom stereocenters. The van der Waals surface area contributed by atoms with Gasteiger partial charge in [0.2, 0.25) is 5.91 Å². The first kappa shape index (κ1) is 18.2. The average Bonchev–Trinajstić information content (AvgIpc) is 3.25. The fraction of sp³-hybridized carbons (Fsp3) is 0.150. The van der Waals surface area contributed by atoms with E-state index in [1.54, 1.807) is 31.2 Å². The number of hydrogen-bond donors (Lipinski definition) is 1. The number of nitrogens with zero attached hydrogens (tertiary/aromatic N) is 3. The molecule has 0 bridgehead atoms. The van der Waals surface area contributed by atoms with Crippen LogP contribution in [-0.2, 0) is 11.3 Å². The standard InChI is InChI=1S/C20H17FN4O2S/c1-13-10-18(24-27-13)23-19(26)12-28-20-22-16-8-4-5-9-17(16)25(20)11-14-6-2-3-7-15(14)21/h2-10H,11-12H2,1H3,(H,23,24,26). The first-order valence-corrected chi connectivity index (χ1v) is 9.63. The second-order valence-electron chi connectivity index (χ2n) is 6.22. The highest BCUT2D eigenvalue weighted by molar-refractivity contribution is 7.99. The number of nitrogens with one attached hydrogen (secondary N) is 1. The maximum absolute atomic E-state index is 14.2. The summed E-state index contributed by atoms with van der Waals surface area (Å²) in [6.45, 7) is 2.09. The zero-order valence-electron chi connectivity index (χ0n) is 15.1. The van der Waals surface area contributed by atoms with Crippen LogP contribution >= 0.6 is 11.8 Å². The number of rotatable bonds is 6. The van der Waals surface area contributed by atoms with Crippen LogP contribution in [0.5, 0.6) is 0 Å². The van der Waals surface area contributed by atoms with Gasteiger partial charge in [-0.05, 0) is 25.1 Å². The number of anilines is 1. The molecule has 6 nitrogen and oxygen atoms in total. The first-order chi connectivity index (χ1) is 13.6. The molecule has 4 rings (SSSR count). The van der Waals surface area contributed by atoms with Crippen molar-refractivity contribution < 1.29 is 13.7 Å². The predicted octanol–water partition coefficient (Wildman–Crippen LogP) is 4.25. The molecule has 0 saturated carbocycles. The number of hydrogen-bond acceptors (Lipinski definition) is 5. The lowest BCUT2D eigenvalue weighted by molar-refractivity contribution is -0.113. The van der Waals surface area contributed by atoms with Crippen LogP contribution in [-0.4, -0.2) is 26.4 Å². The molecule has 0 spiro atoms. The quantitative estimate of drug-likeness (QED) is 0.493. The van der Waals surface area contributed by atoms with Gasteiger partial charge in [-0.2, -0.15) is 0 Å². The number of para-hydroxylation sites is 2. The molecule has 4 aromatic rings. The SMILES string of the molecule is Cc1cc(NC(=O)CSc2nc3ccccc3n2Cc2ccccc2F)no1. The van der Waals surface area contributed by atoms with Crippen LogP contribution < -0.4 is 5.32 Å². The number of imidazole rings is 1. The molecule has 2 aromatic carbocycles. The van der Waals surface area contributed by atoms with Crippen molar-refractivity contribution in [1.82, 2.24) is 14.7 Å². The van der Waals surface area contributed by atoms with E-state index in [4.69, 9.17) is 4.52 Å². The zero-order valence-corrected chi connectivity index (χ0v) is 15.9. The van der Waals surface area contributed by atoms with Crippen molar-refractivity contribution in [2.75, 3.05) is 11.1 Å². The van der Waals surface area contributed by atoms with E-state index in [-0.39, 0.29) is 17.5 Å². The minimum atomic E-state index is -0.268. The number of carbonyl (C=O) groups is 1. The minimum absolute atomic E-state index is 0.145. The highest BCUT2D eigenvalue weighted by atomic mass is 32.2. The number of aromatic nitrogens is 3. The van der Waals surface area contributed by atoms with Crippen LogP contribution in [0.15, 0.2) is 64.3 Å². The summed E-state index contributed by atoms with van der Waals surface area (Å²) in [5.74, 6) is 0.655. The van der Waals surface area contributed by atoms with Crippen LogP contribution in [0.3, 0.4) is 0 Å². The number of benzene rings is 2. The maximum atomic E-state index is 14.2. The predicted molar refractivity (Wildman–Crippen MR) is 106 cm³/mol. The van der Waals surface area contributed by atoms with E-state index < -0.39 is 0 Å². The number of aryl methyl sites for hydroxylation is 1. The largest absolute Gasteiger partial charge is 0.360 e. The molecule has 0 aliphatic carbocycles. The molecular formula is C20H17FN4O2S. The first-order valence-electron chi connectivity index (χ1n) is 8.65. The smallest absolute Gasteiger partial charge is 0.236 e. The Morgan fingerprint density at radius 3 is 2.79 bits per heavy atom. The van der Waals surface area contributed by atoms with Gasteiger partial charge in [-0.15, -0.1) is 0 Å². The summed E-state index contributed by atoms with van der Waals surface area (Å²) in [4.78, 5) is 16.8. The Bertz CT molecular complexity index is 1140. The van der Waals surface area contributed by atoms with Crippen molar-refractivity contribution in [3.8, 4) is 0 Å². The molecule has 0 aliphatic rings. The van der Waals surface area contributed by atoms with Crippen molar-refractivity contribution in [3.05, 3.63) is 71.7 Å². The highest BCUT2D eigenvalue weighted by Gasteiger charge is 2.15. The van der Waals surface area contributed by atoms with Gasteiger partial charge in [0, 0.05) is 11.6 Å². The summed E-state index contributed by atoms with van der Waals surface area (Å²) in [6, 6.07) is 15.9.